The maximum absolute atomic E-state index is 10.7. The summed E-state index contributed by atoms with van der Waals surface area (Å²) in [4.78, 5) is 10.7. The first-order valence-electron chi connectivity index (χ1n) is 5.88. The molecule has 2 rings (SSSR count). The van der Waals surface area contributed by atoms with Crippen LogP contribution in [0.5, 0.6) is 0 Å². The summed E-state index contributed by atoms with van der Waals surface area (Å²) in [5.74, 6) is 0. The zero-order valence-corrected chi connectivity index (χ0v) is 10.0. The summed E-state index contributed by atoms with van der Waals surface area (Å²) in [6.45, 7) is 1.98. The molecule has 2 aromatic carbocycles. The number of carbonyl (C=O) groups is 1. The Balaban J connectivity index is 2.05. The van der Waals surface area contributed by atoms with Gasteiger partial charge in [-0.15, -0.1) is 0 Å². The molecule has 86 valence electrons. The van der Waals surface area contributed by atoms with Gasteiger partial charge in [-0.1, -0.05) is 48.5 Å². The molecule has 0 amide bonds. The zero-order chi connectivity index (χ0) is 12.1. The van der Waals surface area contributed by atoms with Crippen LogP contribution in [0.25, 0.3) is 0 Å². The molecular formula is C16H16O. The monoisotopic (exact) mass is 224 g/mol. The summed E-state index contributed by atoms with van der Waals surface area (Å²) >= 11 is 0. The number of rotatable bonds is 4. The highest BCUT2D eigenvalue weighted by molar-refractivity contribution is 5.77. The molecule has 0 N–H and O–H groups in total. The van der Waals surface area contributed by atoms with E-state index in [1.54, 1.807) is 0 Å². The van der Waals surface area contributed by atoms with Crippen LogP contribution in [-0.4, -0.2) is 6.29 Å². The summed E-state index contributed by atoms with van der Waals surface area (Å²) in [5.41, 5.74) is 4.49. The summed E-state index contributed by atoms with van der Waals surface area (Å²) in [5, 5.41) is 0. The van der Waals surface area contributed by atoms with Crippen LogP contribution in [-0.2, 0) is 12.8 Å². The Morgan fingerprint density at radius 2 is 1.65 bits per heavy atom. The van der Waals surface area contributed by atoms with Crippen molar-refractivity contribution in [2.75, 3.05) is 0 Å². The molecule has 0 atom stereocenters. The number of aldehydes is 1. The maximum atomic E-state index is 10.7. The van der Waals surface area contributed by atoms with Crippen molar-refractivity contribution in [1.29, 1.82) is 0 Å². The van der Waals surface area contributed by atoms with Gasteiger partial charge in [0.1, 0.15) is 6.29 Å². The van der Waals surface area contributed by atoms with Crippen LogP contribution in [0.15, 0.2) is 48.5 Å². The molecule has 0 heterocycles. The predicted molar refractivity (Wildman–Crippen MR) is 70.4 cm³/mol. The third-order valence-corrected chi connectivity index (χ3v) is 3.01. The van der Waals surface area contributed by atoms with Gasteiger partial charge in [-0.05, 0) is 36.5 Å². The fourth-order valence-electron chi connectivity index (χ4n) is 1.96. The maximum Gasteiger partial charge on any atom is 0.150 e. The lowest BCUT2D eigenvalue weighted by Gasteiger charge is -2.05. The molecule has 0 aliphatic rings. The third-order valence-electron chi connectivity index (χ3n) is 3.01. The smallest absolute Gasteiger partial charge is 0.150 e. The topological polar surface area (TPSA) is 17.1 Å². The van der Waals surface area contributed by atoms with E-state index in [1.807, 2.05) is 25.1 Å². The van der Waals surface area contributed by atoms with Crippen LogP contribution >= 0.6 is 0 Å². The van der Waals surface area contributed by atoms with Gasteiger partial charge in [0.2, 0.25) is 0 Å². The highest BCUT2D eigenvalue weighted by atomic mass is 16.1. The molecule has 0 bridgehead atoms. The first-order valence-corrected chi connectivity index (χ1v) is 5.88. The number of benzene rings is 2. The van der Waals surface area contributed by atoms with Gasteiger partial charge in [-0.2, -0.15) is 0 Å². The van der Waals surface area contributed by atoms with E-state index >= 15 is 0 Å². The second-order valence-corrected chi connectivity index (χ2v) is 4.29. The van der Waals surface area contributed by atoms with E-state index in [0.29, 0.717) is 0 Å². The Kier molecular flexibility index (Phi) is 3.71. The van der Waals surface area contributed by atoms with Crippen LogP contribution in [0.4, 0.5) is 0 Å². The standard InChI is InChI=1S/C16H16O/c1-13-11-15(9-10-16(13)12-17)8-7-14-5-3-2-4-6-14/h2-6,9-12H,7-8H2,1H3. The highest BCUT2D eigenvalue weighted by Gasteiger charge is 1.99. The summed E-state index contributed by atoms with van der Waals surface area (Å²) in [6.07, 6.45) is 2.97. The number of aryl methyl sites for hydroxylation is 3. The van der Waals surface area contributed by atoms with E-state index in [9.17, 15) is 4.79 Å². The van der Waals surface area contributed by atoms with E-state index in [0.717, 1.165) is 30.3 Å². The van der Waals surface area contributed by atoms with Gasteiger partial charge in [0, 0.05) is 5.56 Å². The van der Waals surface area contributed by atoms with Gasteiger partial charge in [-0.3, -0.25) is 4.79 Å². The Hall–Kier alpha value is -1.89. The lowest BCUT2D eigenvalue weighted by molar-refractivity contribution is 0.112. The molecule has 0 radical (unpaired) electrons. The van der Waals surface area contributed by atoms with Crippen molar-refractivity contribution in [2.24, 2.45) is 0 Å². The van der Waals surface area contributed by atoms with Crippen molar-refractivity contribution in [3.8, 4) is 0 Å². The van der Waals surface area contributed by atoms with Gasteiger partial charge in [-0.25, -0.2) is 0 Å². The Bertz CT molecular complexity index is 500. The average Bonchev–Trinajstić information content (AvgIpc) is 2.38. The quantitative estimate of drug-likeness (QED) is 0.725. The molecule has 0 aliphatic carbocycles. The van der Waals surface area contributed by atoms with E-state index in [-0.39, 0.29) is 0 Å². The first kappa shape index (κ1) is 11.6. The minimum absolute atomic E-state index is 0.786. The molecule has 0 fully saturated rings. The third kappa shape index (κ3) is 3.04. The van der Waals surface area contributed by atoms with Crippen molar-refractivity contribution in [1.82, 2.24) is 0 Å². The Morgan fingerprint density at radius 1 is 0.941 bits per heavy atom. The largest absolute Gasteiger partial charge is 0.298 e. The number of hydrogen-bond donors (Lipinski definition) is 0. The second-order valence-electron chi connectivity index (χ2n) is 4.29. The minimum Gasteiger partial charge on any atom is -0.298 e. The van der Waals surface area contributed by atoms with Crippen molar-refractivity contribution >= 4 is 6.29 Å². The van der Waals surface area contributed by atoms with E-state index in [2.05, 4.69) is 30.3 Å². The van der Waals surface area contributed by atoms with Crippen LogP contribution in [0.1, 0.15) is 27.0 Å². The zero-order valence-electron chi connectivity index (χ0n) is 10.0. The number of carbonyl (C=O) groups excluding carboxylic acids is 1. The Morgan fingerprint density at radius 3 is 2.29 bits per heavy atom. The molecule has 1 nitrogen and oxygen atoms in total. The molecule has 0 spiro atoms. The molecule has 0 saturated carbocycles. The van der Waals surface area contributed by atoms with Crippen LogP contribution < -0.4 is 0 Å². The fourth-order valence-corrected chi connectivity index (χ4v) is 1.96. The van der Waals surface area contributed by atoms with Gasteiger partial charge >= 0.3 is 0 Å². The molecule has 0 saturated heterocycles. The summed E-state index contributed by atoms with van der Waals surface area (Å²) < 4.78 is 0. The molecule has 0 unspecified atom stereocenters. The normalized spacial score (nSPS) is 10.2. The fraction of sp³-hybridized carbons (Fsp3) is 0.188. The van der Waals surface area contributed by atoms with Crippen LogP contribution in [0.3, 0.4) is 0 Å². The van der Waals surface area contributed by atoms with Crippen molar-refractivity contribution in [3.05, 3.63) is 70.8 Å². The second kappa shape index (κ2) is 5.44. The molecular weight excluding hydrogens is 208 g/mol. The molecule has 17 heavy (non-hydrogen) atoms. The summed E-state index contributed by atoms with van der Waals surface area (Å²) in [7, 11) is 0. The van der Waals surface area contributed by atoms with Crippen molar-refractivity contribution in [3.63, 3.8) is 0 Å². The van der Waals surface area contributed by atoms with Crippen molar-refractivity contribution in [2.45, 2.75) is 19.8 Å². The van der Waals surface area contributed by atoms with E-state index in [1.165, 1.54) is 11.1 Å². The van der Waals surface area contributed by atoms with Gasteiger partial charge < -0.3 is 0 Å². The average molecular weight is 224 g/mol. The molecule has 1 heteroatoms. The first-order chi connectivity index (χ1) is 8.29. The number of hydrogen-bond acceptors (Lipinski definition) is 1. The van der Waals surface area contributed by atoms with E-state index < -0.39 is 0 Å². The van der Waals surface area contributed by atoms with Crippen LogP contribution in [0, 0.1) is 6.92 Å². The summed E-state index contributed by atoms with van der Waals surface area (Å²) in [6, 6.07) is 16.5. The molecule has 2 aromatic rings. The molecule has 0 aliphatic heterocycles. The SMILES string of the molecule is Cc1cc(CCc2ccccc2)ccc1C=O. The lowest BCUT2D eigenvalue weighted by atomic mass is 10.0. The van der Waals surface area contributed by atoms with E-state index in [4.69, 9.17) is 0 Å². The van der Waals surface area contributed by atoms with Gasteiger partial charge in [0.25, 0.3) is 0 Å². The van der Waals surface area contributed by atoms with Crippen molar-refractivity contribution < 1.29 is 4.79 Å². The minimum atomic E-state index is 0.786. The lowest BCUT2D eigenvalue weighted by Crippen LogP contribution is -1.94. The highest BCUT2D eigenvalue weighted by Crippen LogP contribution is 2.12. The van der Waals surface area contributed by atoms with Gasteiger partial charge in [0.05, 0.1) is 0 Å². The van der Waals surface area contributed by atoms with Gasteiger partial charge in [0.15, 0.2) is 0 Å². The molecule has 0 aromatic heterocycles. The Labute approximate surface area is 102 Å². The predicted octanol–water partition coefficient (Wildman–Crippen LogP) is 3.59. The van der Waals surface area contributed by atoms with Crippen LogP contribution in [0.2, 0.25) is 0 Å².